The van der Waals surface area contributed by atoms with Crippen LogP contribution in [0.4, 0.5) is 16.2 Å². The second-order valence-corrected chi connectivity index (χ2v) is 8.88. The van der Waals surface area contributed by atoms with Crippen molar-refractivity contribution in [3.05, 3.63) is 58.7 Å². The van der Waals surface area contributed by atoms with Gasteiger partial charge >= 0.3 is 6.03 Å². The van der Waals surface area contributed by atoms with Gasteiger partial charge < -0.3 is 41.3 Å². The average Bonchev–Trinajstić information content (AvgIpc) is 2.92. The Bertz CT molecular complexity index is 907. The lowest BCUT2D eigenvalue weighted by Crippen LogP contribution is -2.57. The number of urea groups is 1. The summed E-state index contributed by atoms with van der Waals surface area (Å²) < 4.78 is 0. The van der Waals surface area contributed by atoms with Crippen molar-refractivity contribution in [3.8, 4) is 0 Å². The van der Waals surface area contributed by atoms with Gasteiger partial charge in [0.15, 0.2) is 0 Å². The van der Waals surface area contributed by atoms with Crippen molar-refractivity contribution >= 4 is 17.4 Å². The van der Waals surface area contributed by atoms with Gasteiger partial charge in [0.1, 0.15) is 0 Å². The molecule has 9 heteroatoms. The lowest BCUT2D eigenvalue weighted by atomic mass is 10.1. The molecule has 0 bridgehead atoms. The molecule has 2 saturated heterocycles. The minimum Gasteiger partial charge on any atom is -0.392 e. The molecular weight excluding hydrogens is 432 g/mol. The number of nitrogens with zero attached hydrogens (tertiary/aromatic N) is 4. The van der Waals surface area contributed by atoms with E-state index in [2.05, 4.69) is 9.80 Å². The molecule has 2 fully saturated rings. The summed E-state index contributed by atoms with van der Waals surface area (Å²) in [5.74, 6) is 0. The van der Waals surface area contributed by atoms with Crippen molar-refractivity contribution in [2.75, 3.05) is 62.2 Å². The second-order valence-electron chi connectivity index (χ2n) is 8.88. The maximum Gasteiger partial charge on any atom is 0.320 e. The Hall–Kier alpha value is -2.85. The highest BCUT2D eigenvalue weighted by Gasteiger charge is 2.29. The summed E-state index contributed by atoms with van der Waals surface area (Å²) in [6, 6.07) is 12.0. The Morgan fingerprint density at radius 3 is 1.38 bits per heavy atom. The Labute approximate surface area is 201 Å². The molecule has 6 N–H and O–H groups in total. The molecule has 0 unspecified atom stereocenters. The quantitative estimate of drug-likeness (QED) is 0.491. The zero-order valence-electron chi connectivity index (χ0n) is 19.7. The lowest BCUT2D eigenvalue weighted by Gasteiger charge is -2.42. The third-order valence-corrected chi connectivity index (χ3v) is 6.88. The predicted octanol–water partition coefficient (Wildman–Crippen LogP) is 0.653. The van der Waals surface area contributed by atoms with Gasteiger partial charge in [-0.1, -0.05) is 24.3 Å². The van der Waals surface area contributed by atoms with Crippen LogP contribution in [-0.4, -0.2) is 78.4 Å². The van der Waals surface area contributed by atoms with E-state index in [0.717, 1.165) is 59.8 Å². The molecule has 34 heavy (non-hydrogen) atoms. The number of anilines is 2. The Kier molecular flexibility index (Phi) is 7.89. The molecule has 0 spiro atoms. The predicted molar refractivity (Wildman–Crippen MR) is 133 cm³/mol. The van der Waals surface area contributed by atoms with E-state index in [1.165, 1.54) is 0 Å². The van der Waals surface area contributed by atoms with Crippen LogP contribution in [-0.2, 0) is 26.3 Å². The van der Waals surface area contributed by atoms with Crippen LogP contribution < -0.4 is 21.3 Å². The first-order valence-corrected chi connectivity index (χ1v) is 12.0. The maximum atomic E-state index is 13.2. The number of hydrogen-bond donors (Lipinski definition) is 4. The molecule has 0 atom stereocenters. The van der Waals surface area contributed by atoms with E-state index >= 15 is 0 Å². The molecule has 0 saturated carbocycles. The number of benzene rings is 2. The van der Waals surface area contributed by atoms with Crippen LogP contribution in [0.25, 0.3) is 0 Å². The number of rotatable bonds is 6. The zero-order valence-corrected chi connectivity index (χ0v) is 19.7. The van der Waals surface area contributed by atoms with Crippen LogP contribution in [0.2, 0.25) is 0 Å². The van der Waals surface area contributed by atoms with Gasteiger partial charge in [-0.15, -0.1) is 0 Å². The summed E-state index contributed by atoms with van der Waals surface area (Å²) >= 11 is 0. The van der Waals surface area contributed by atoms with Crippen LogP contribution in [0.5, 0.6) is 0 Å². The molecule has 2 aromatic rings. The molecule has 184 valence electrons. The fourth-order valence-electron chi connectivity index (χ4n) is 4.88. The molecule has 2 aliphatic heterocycles. The Morgan fingerprint density at radius 2 is 1.06 bits per heavy atom. The van der Waals surface area contributed by atoms with Gasteiger partial charge in [0, 0.05) is 87.9 Å². The van der Waals surface area contributed by atoms with Crippen molar-refractivity contribution in [2.24, 2.45) is 11.5 Å². The standard InChI is InChI=1S/C25H36N6O3/c26-15-19-1-3-23(21(13-19)17-32)28-5-9-30(10-6-28)25(34)31-11-7-29(8-12-31)24-4-2-20(16-27)14-22(24)18-33/h1-4,13-14,32-33H,5-12,15-18,26-27H2. The molecule has 0 aromatic heterocycles. The smallest absolute Gasteiger partial charge is 0.320 e. The van der Waals surface area contributed by atoms with Gasteiger partial charge in [-0.05, 0) is 23.3 Å². The van der Waals surface area contributed by atoms with Crippen LogP contribution in [0, 0.1) is 0 Å². The van der Waals surface area contributed by atoms with E-state index in [1.807, 2.05) is 46.2 Å². The first-order valence-electron chi connectivity index (χ1n) is 12.0. The minimum absolute atomic E-state index is 0.0282. The molecule has 2 aromatic carbocycles. The van der Waals surface area contributed by atoms with Crippen molar-refractivity contribution in [1.82, 2.24) is 9.80 Å². The van der Waals surface area contributed by atoms with Crippen LogP contribution in [0.15, 0.2) is 36.4 Å². The number of carbonyl (C=O) groups excluding carboxylic acids is 1. The summed E-state index contributed by atoms with van der Waals surface area (Å²) in [5, 5.41) is 19.6. The number of aliphatic hydroxyl groups excluding tert-OH is 2. The van der Waals surface area contributed by atoms with E-state index < -0.39 is 0 Å². The van der Waals surface area contributed by atoms with Gasteiger partial charge in [0.2, 0.25) is 0 Å². The van der Waals surface area contributed by atoms with E-state index in [0.29, 0.717) is 39.3 Å². The molecular formula is C25H36N6O3. The fourth-order valence-corrected chi connectivity index (χ4v) is 4.88. The molecule has 0 radical (unpaired) electrons. The summed E-state index contributed by atoms with van der Waals surface area (Å²) in [6.45, 7) is 6.36. The highest BCUT2D eigenvalue weighted by atomic mass is 16.3. The molecule has 4 rings (SSSR count). The third kappa shape index (κ3) is 5.12. The summed E-state index contributed by atoms with van der Waals surface area (Å²) in [4.78, 5) is 21.5. The number of nitrogens with two attached hydrogens (primary N) is 2. The fraction of sp³-hybridized carbons (Fsp3) is 0.480. The minimum atomic E-state index is -0.0282. The first-order chi connectivity index (χ1) is 16.6. The second kappa shape index (κ2) is 11.1. The molecule has 2 amide bonds. The number of hydrogen-bond acceptors (Lipinski definition) is 7. The first kappa shape index (κ1) is 24.3. The van der Waals surface area contributed by atoms with Gasteiger partial charge in [0.25, 0.3) is 0 Å². The summed E-state index contributed by atoms with van der Waals surface area (Å²) in [5.41, 5.74) is 17.2. The molecule has 9 nitrogen and oxygen atoms in total. The summed E-state index contributed by atoms with van der Waals surface area (Å²) in [6.07, 6.45) is 0. The maximum absolute atomic E-state index is 13.2. The number of piperazine rings is 2. The lowest BCUT2D eigenvalue weighted by molar-refractivity contribution is 0.147. The van der Waals surface area contributed by atoms with Crippen molar-refractivity contribution in [3.63, 3.8) is 0 Å². The Morgan fingerprint density at radius 1 is 0.676 bits per heavy atom. The molecule has 2 heterocycles. The monoisotopic (exact) mass is 468 g/mol. The number of aliphatic hydroxyl groups is 2. The summed E-state index contributed by atoms with van der Waals surface area (Å²) in [7, 11) is 0. The van der Waals surface area contributed by atoms with E-state index in [-0.39, 0.29) is 19.2 Å². The van der Waals surface area contributed by atoms with E-state index in [1.54, 1.807) is 0 Å². The highest BCUT2D eigenvalue weighted by molar-refractivity contribution is 5.75. The van der Waals surface area contributed by atoms with E-state index in [9.17, 15) is 15.0 Å². The van der Waals surface area contributed by atoms with Crippen molar-refractivity contribution in [1.29, 1.82) is 0 Å². The van der Waals surface area contributed by atoms with Crippen molar-refractivity contribution in [2.45, 2.75) is 26.3 Å². The number of carbonyl (C=O) groups is 1. The van der Waals surface area contributed by atoms with Crippen LogP contribution >= 0.6 is 0 Å². The van der Waals surface area contributed by atoms with Gasteiger partial charge in [0.05, 0.1) is 13.2 Å². The van der Waals surface area contributed by atoms with Gasteiger partial charge in [-0.3, -0.25) is 0 Å². The zero-order chi connectivity index (χ0) is 24.1. The SMILES string of the molecule is NCc1ccc(N2CCN(C(=O)N3CCN(c4ccc(CN)cc4CO)CC3)CC2)c(CO)c1. The van der Waals surface area contributed by atoms with Gasteiger partial charge in [-0.25, -0.2) is 4.79 Å². The third-order valence-electron chi connectivity index (χ3n) is 6.88. The van der Waals surface area contributed by atoms with E-state index in [4.69, 9.17) is 11.5 Å². The van der Waals surface area contributed by atoms with Gasteiger partial charge in [-0.2, -0.15) is 0 Å². The van der Waals surface area contributed by atoms with Crippen LogP contribution in [0.1, 0.15) is 22.3 Å². The molecule has 0 aliphatic carbocycles. The normalized spacial score (nSPS) is 16.8. The Balaban J connectivity index is 1.32. The van der Waals surface area contributed by atoms with Crippen molar-refractivity contribution < 1.29 is 15.0 Å². The number of amides is 2. The van der Waals surface area contributed by atoms with Crippen LogP contribution in [0.3, 0.4) is 0 Å². The highest BCUT2D eigenvalue weighted by Crippen LogP contribution is 2.26. The largest absolute Gasteiger partial charge is 0.392 e. The molecule has 2 aliphatic rings. The topological polar surface area (TPSA) is 123 Å². The average molecular weight is 469 g/mol.